The van der Waals surface area contributed by atoms with Gasteiger partial charge in [-0.1, -0.05) is 19.9 Å². The zero-order valence-corrected chi connectivity index (χ0v) is 9.68. The number of hydrogen-bond donors (Lipinski definition) is 1. The van der Waals surface area contributed by atoms with Gasteiger partial charge in [0.2, 0.25) is 0 Å². The standard InChI is InChI=1S/C11H18N2S/c1-9(2)8-14-11-10(5-6-12)4-3-7-13-11/h3-4,7,9H,5-6,8,12H2,1-2H3. The summed E-state index contributed by atoms with van der Waals surface area (Å²) in [7, 11) is 0. The molecule has 78 valence electrons. The summed E-state index contributed by atoms with van der Waals surface area (Å²) in [5, 5.41) is 1.15. The van der Waals surface area contributed by atoms with Crippen LogP contribution in [0.5, 0.6) is 0 Å². The van der Waals surface area contributed by atoms with Crippen LogP contribution in [0.1, 0.15) is 19.4 Å². The molecule has 1 aromatic heterocycles. The lowest BCUT2D eigenvalue weighted by Gasteiger charge is -2.08. The molecule has 0 unspecified atom stereocenters. The average Bonchev–Trinajstić information content (AvgIpc) is 2.17. The largest absolute Gasteiger partial charge is 0.330 e. The van der Waals surface area contributed by atoms with E-state index in [0.717, 1.165) is 17.2 Å². The molecule has 14 heavy (non-hydrogen) atoms. The highest BCUT2D eigenvalue weighted by molar-refractivity contribution is 7.99. The molecule has 0 saturated heterocycles. The molecule has 0 radical (unpaired) electrons. The first kappa shape index (κ1) is 11.5. The fourth-order valence-electron chi connectivity index (χ4n) is 1.15. The van der Waals surface area contributed by atoms with Crippen LogP contribution in [-0.4, -0.2) is 17.3 Å². The second kappa shape index (κ2) is 6.04. The summed E-state index contributed by atoms with van der Waals surface area (Å²) >= 11 is 1.83. The number of nitrogens with two attached hydrogens (primary N) is 1. The van der Waals surface area contributed by atoms with E-state index in [4.69, 9.17) is 5.73 Å². The van der Waals surface area contributed by atoms with Crippen LogP contribution in [-0.2, 0) is 6.42 Å². The first-order valence-corrected chi connectivity index (χ1v) is 5.99. The Hall–Kier alpha value is -0.540. The van der Waals surface area contributed by atoms with Crippen LogP contribution in [0.15, 0.2) is 23.4 Å². The van der Waals surface area contributed by atoms with Crippen LogP contribution in [0.2, 0.25) is 0 Å². The van der Waals surface area contributed by atoms with Crippen molar-refractivity contribution in [1.82, 2.24) is 4.98 Å². The summed E-state index contributed by atoms with van der Waals surface area (Å²) in [5.74, 6) is 1.82. The molecular weight excluding hydrogens is 192 g/mol. The maximum Gasteiger partial charge on any atom is 0.0992 e. The number of thioether (sulfide) groups is 1. The molecule has 0 bridgehead atoms. The van der Waals surface area contributed by atoms with E-state index in [0.29, 0.717) is 12.5 Å². The highest BCUT2D eigenvalue weighted by atomic mass is 32.2. The smallest absolute Gasteiger partial charge is 0.0992 e. The Morgan fingerprint density at radius 2 is 2.29 bits per heavy atom. The third-order valence-corrected chi connectivity index (χ3v) is 3.29. The third-order valence-electron chi connectivity index (χ3n) is 1.82. The molecule has 0 aliphatic heterocycles. The number of aromatic nitrogens is 1. The Balaban J connectivity index is 2.64. The van der Waals surface area contributed by atoms with Crippen molar-refractivity contribution in [2.75, 3.05) is 12.3 Å². The van der Waals surface area contributed by atoms with Gasteiger partial charge in [-0.25, -0.2) is 4.98 Å². The molecule has 0 amide bonds. The molecular formula is C11H18N2S. The van der Waals surface area contributed by atoms with E-state index in [1.54, 1.807) is 0 Å². The number of hydrogen-bond acceptors (Lipinski definition) is 3. The summed E-state index contributed by atoms with van der Waals surface area (Å²) in [6.07, 6.45) is 2.77. The van der Waals surface area contributed by atoms with Crippen LogP contribution < -0.4 is 5.73 Å². The normalized spacial score (nSPS) is 10.9. The van der Waals surface area contributed by atoms with E-state index in [9.17, 15) is 0 Å². The van der Waals surface area contributed by atoms with Crippen LogP contribution >= 0.6 is 11.8 Å². The molecule has 1 rings (SSSR count). The van der Waals surface area contributed by atoms with Gasteiger partial charge in [0.1, 0.15) is 0 Å². The van der Waals surface area contributed by atoms with E-state index in [-0.39, 0.29) is 0 Å². The van der Waals surface area contributed by atoms with Crippen molar-refractivity contribution >= 4 is 11.8 Å². The number of rotatable bonds is 5. The molecule has 0 atom stereocenters. The van der Waals surface area contributed by atoms with Gasteiger partial charge in [0.25, 0.3) is 0 Å². The van der Waals surface area contributed by atoms with E-state index in [1.807, 2.05) is 24.0 Å². The van der Waals surface area contributed by atoms with Crippen molar-refractivity contribution in [3.8, 4) is 0 Å². The van der Waals surface area contributed by atoms with Gasteiger partial charge in [-0.15, -0.1) is 11.8 Å². The van der Waals surface area contributed by atoms with Gasteiger partial charge in [0.05, 0.1) is 5.03 Å². The molecule has 1 aromatic rings. The Kier molecular flexibility index (Phi) is 4.98. The lowest BCUT2D eigenvalue weighted by atomic mass is 10.2. The average molecular weight is 210 g/mol. The maximum absolute atomic E-state index is 5.55. The fraction of sp³-hybridized carbons (Fsp3) is 0.545. The molecule has 0 aromatic carbocycles. The first-order valence-electron chi connectivity index (χ1n) is 5.00. The van der Waals surface area contributed by atoms with Gasteiger partial charge in [-0.05, 0) is 30.5 Å². The summed E-state index contributed by atoms with van der Waals surface area (Å²) in [5.41, 5.74) is 6.83. The van der Waals surface area contributed by atoms with E-state index in [2.05, 4.69) is 24.9 Å². The Labute approximate surface area is 90.3 Å². The number of nitrogens with zero attached hydrogens (tertiary/aromatic N) is 1. The zero-order valence-electron chi connectivity index (χ0n) is 8.86. The fourth-order valence-corrected chi connectivity index (χ4v) is 2.13. The molecule has 0 aliphatic carbocycles. The van der Waals surface area contributed by atoms with Gasteiger partial charge < -0.3 is 5.73 Å². The molecule has 0 fully saturated rings. The topological polar surface area (TPSA) is 38.9 Å². The minimum absolute atomic E-state index is 0.695. The van der Waals surface area contributed by atoms with Crippen molar-refractivity contribution in [1.29, 1.82) is 0 Å². The van der Waals surface area contributed by atoms with Gasteiger partial charge >= 0.3 is 0 Å². The lowest BCUT2D eigenvalue weighted by Crippen LogP contribution is -2.05. The lowest BCUT2D eigenvalue weighted by molar-refractivity contribution is 0.748. The van der Waals surface area contributed by atoms with Crippen LogP contribution in [0.25, 0.3) is 0 Å². The van der Waals surface area contributed by atoms with Crippen molar-refractivity contribution in [2.45, 2.75) is 25.3 Å². The molecule has 3 heteroatoms. The van der Waals surface area contributed by atoms with Gasteiger partial charge in [0.15, 0.2) is 0 Å². The molecule has 0 aliphatic rings. The monoisotopic (exact) mass is 210 g/mol. The highest BCUT2D eigenvalue weighted by Gasteiger charge is 2.04. The summed E-state index contributed by atoms with van der Waals surface area (Å²) < 4.78 is 0. The van der Waals surface area contributed by atoms with Crippen molar-refractivity contribution in [2.24, 2.45) is 11.7 Å². The predicted molar refractivity (Wildman–Crippen MR) is 62.6 cm³/mol. The molecule has 0 spiro atoms. The second-order valence-electron chi connectivity index (χ2n) is 3.71. The van der Waals surface area contributed by atoms with Crippen LogP contribution in [0.4, 0.5) is 0 Å². The van der Waals surface area contributed by atoms with Gasteiger partial charge in [-0.2, -0.15) is 0 Å². The van der Waals surface area contributed by atoms with Crippen molar-refractivity contribution in [3.63, 3.8) is 0 Å². The van der Waals surface area contributed by atoms with E-state index < -0.39 is 0 Å². The SMILES string of the molecule is CC(C)CSc1ncccc1CCN. The molecule has 2 N–H and O–H groups in total. The first-order chi connectivity index (χ1) is 6.74. The maximum atomic E-state index is 5.55. The van der Waals surface area contributed by atoms with Crippen LogP contribution in [0.3, 0.4) is 0 Å². The van der Waals surface area contributed by atoms with E-state index in [1.165, 1.54) is 5.56 Å². The Bertz CT molecular complexity index is 274. The molecule has 0 saturated carbocycles. The van der Waals surface area contributed by atoms with Crippen molar-refractivity contribution in [3.05, 3.63) is 23.9 Å². The quantitative estimate of drug-likeness (QED) is 0.758. The number of pyridine rings is 1. The third kappa shape index (κ3) is 3.68. The summed E-state index contributed by atoms with van der Waals surface area (Å²) in [6, 6.07) is 4.09. The minimum Gasteiger partial charge on any atom is -0.330 e. The van der Waals surface area contributed by atoms with Crippen molar-refractivity contribution < 1.29 is 0 Å². The van der Waals surface area contributed by atoms with Gasteiger partial charge in [-0.3, -0.25) is 0 Å². The minimum atomic E-state index is 0.695. The summed E-state index contributed by atoms with van der Waals surface area (Å²) in [6.45, 7) is 5.14. The van der Waals surface area contributed by atoms with E-state index >= 15 is 0 Å². The highest BCUT2D eigenvalue weighted by Crippen LogP contribution is 2.22. The zero-order chi connectivity index (χ0) is 10.4. The van der Waals surface area contributed by atoms with Gasteiger partial charge in [0, 0.05) is 11.9 Å². The summed E-state index contributed by atoms with van der Waals surface area (Å²) in [4.78, 5) is 4.38. The second-order valence-corrected chi connectivity index (χ2v) is 4.72. The molecule has 2 nitrogen and oxygen atoms in total. The Morgan fingerprint density at radius 1 is 1.50 bits per heavy atom. The molecule has 1 heterocycles. The predicted octanol–water partition coefficient (Wildman–Crippen LogP) is 2.33. The van der Waals surface area contributed by atoms with Crippen LogP contribution in [0, 0.1) is 5.92 Å². The Morgan fingerprint density at radius 3 is 2.93 bits per heavy atom.